The van der Waals surface area contributed by atoms with Crippen LogP contribution in [0.5, 0.6) is 5.75 Å². The molecule has 0 radical (unpaired) electrons. The summed E-state index contributed by atoms with van der Waals surface area (Å²) in [5.74, 6) is 1.54. The summed E-state index contributed by atoms with van der Waals surface area (Å²) in [5.41, 5.74) is 4.32. The third-order valence-corrected chi connectivity index (χ3v) is 6.79. The lowest BCUT2D eigenvalue weighted by Crippen LogP contribution is -2.52. The van der Waals surface area contributed by atoms with E-state index in [0.29, 0.717) is 13.0 Å². The highest BCUT2D eigenvalue weighted by atomic mass is 32.2. The molecule has 36 heavy (non-hydrogen) atoms. The van der Waals surface area contributed by atoms with Gasteiger partial charge in [0.2, 0.25) is 11.8 Å². The Labute approximate surface area is 219 Å². The predicted octanol–water partition coefficient (Wildman–Crippen LogP) is 5.40. The van der Waals surface area contributed by atoms with E-state index in [4.69, 9.17) is 4.74 Å². The molecule has 1 atom stereocenters. The van der Waals surface area contributed by atoms with Crippen molar-refractivity contribution in [1.29, 1.82) is 0 Å². The standard InChI is InChI=1S/C30H36N2O3S/c1-22(2)31-30(34)28(18-24-9-6-5-7-10-24)32(19-26-11-8-12-27(17-26)35-4)29(33)21-36-20-25-15-13-23(3)14-16-25/h5-17,22,28H,18-21H2,1-4H3,(H,31,34)/t28-/m1/s1. The first kappa shape index (κ1) is 27.3. The van der Waals surface area contributed by atoms with Crippen molar-refractivity contribution in [1.82, 2.24) is 10.2 Å². The summed E-state index contributed by atoms with van der Waals surface area (Å²) in [6.07, 6.45) is 0.442. The van der Waals surface area contributed by atoms with Gasteiger partial charge in [-0.1, -0.05) is 72.3 Å². The highest BCUT2D eigenvalue weighted by molar-refractivity contribution is 7.99. The fourth-order valence-electron chi connectivity index (χ4n) is 3.93. The number of methoxy groups -OCH3 is 1. The molecule has 0 spiro atoms. The zero-order valence-electron chi connectivity index (χ0n) is 21.6. The second-order valence-corrected chi connectivity index (χ2v) is 10.2. The number of carbonyl (C=O) groups excluding carboxylic acids is 2. The summed E-state index contributed by atoms with van der Waals surface area (Å²) in [5, 5.41) is 3.03. The van der Waals surface area contributed by atoms with Crippen molar-refractivity contribution >= 4 is 23.6 Å². The van der Waals surface area contributed by atoms with E-state index in [1.807, 2.05) is 68.4 Å². The van der Waals surface area contributed by atoms with Gasteiger partial charge in [-0.05, 0) is 49.6 Å². The Morgan fingerprint density at radius 1 is 0.917 bits per heavy atom. The van der Waals surface area contributed by atoms with E-state index < -0.39 is 6.04 Å². The lowest BCUT2D eigenvalue weighted by Gasteiger charge is -2.32. The van der Waals surface area contributed by atoms with Crippen molar-refractivity contribution in [3.8, 4) is 5.75 Å². The van der Waals surface area contributed by atoms with Crippen LogP contribution < -0.4 is 10.1 Å². The van der Waals surface area contributed by atoms with Crippen LogP contribution in [0.3, 0.4) is 0 Å². The van der Waals surface area contributed by atoms with Crippen molar-refractivity contribution in [3.05, 3.63) is 101 Å². The zero-order valence-corrected chi connectivity index (χ0v) is 22.4. The molecule has 3 rings (SSSR count). The molecule has 2 amide bonds. The van der Waals surface area contributed by atoms with Crippen LogP contribution in [0.15, 0.2) is 78.9 Å². The van der Waals surface area contributed by atoms with Crippen molar-refractivity contribution in [3.63, 3.8) is 0 Å². The van der Waals surface area contributed by atoms with E-state index in [-0.39, 0.29) is 23.6 Å². The van der Waals surface area contributed by atoms with E-state index in [9.17, 15) is 9.59 Å². The molecular weight excluding hydrogens is 468 g/mol. The number of ether oxygens (including phenoxy) is 1. The summed E-state index contributed by atoms with van der Waals surface area (Å²) in [7, 11) is 1.62. The molecule has 6 heteroatoms. The molecule has 3 aromatic rings. The first-order valence-electron chi connectivity index (χ1n) is 12.3. The number of hydrogen-bond donors (Lipinski definition) is 1. The quantitative estimate of drug-likeness (QED) is 0.359. The van der Waals surface area contributed by atoms with Gasteiger partial charge in [0.25, 0.3) is 0 Å². The maximum absolute atomic E-state index is 13.7. The summed E-state index contributed by atoms with van der Waals surface area (Å²) in [4.78, 5) is 28.8. The summed E-state index contributed by atoms with van der Waals surface area (Å²) >= 11 is 1.57. The molecular formula is C30H36N2O3S. The van der Waals surface area contributed by atoms with Crippen LogP contribution in [0, 0.1) is 6.92 Å². The molecule has 5 nitrogen and oxygen atoms in total. The highest BCUT2D eigenvalue weighted by Gasteiger charge is 2.30. The molecule has 0 unspecified atom stereocenters. The number of thioether (sulfide) groups is 1. The maximum atomic E-state index is 13.7. The number of amides is 2. The first-order valence-corrected chi connectivity index (χ1v) is 13.4. The number of nitrogens with one attached hydrogen (secondary N) is 1. The van der Waals surface area contributed by atoms with Gasteiger partial charge in [-0.3, -0.25) is 9.59 Å². The van der Waals surface area contributed by atoms with Crippen molar-refractivity contribution in [2.24, 2.45) is 0 Å². The topological polar surface area (TPSA) is 58.6 Å². The van der Waals surface area contributed by atoms with Crippen LogP contribution in [0.4, 0.5) is 0 Å². The van der Waals surface area contributed by atoms with Gasteiger partial charge in [0, 0.05) is 24.8 Å². The van der Waals surface area contributed by atoms with Crippen molar-refractivity contribution in [2.75, 3.05) is 12.9 Å². The average molecular weight is 505 g/mol. The van der Waals surface area contributed by atoms with Crippen molar-refractivity contribution in [2.45, 2.75) is 51.6 Å². The molecule has 0 heterocycles. The first-order chi connectivity index (χ1) is 17.4. The second-order valence-electron chi connectivity index (χ2n) is 9.22. The largest absolute Gasteiger partial charge is 0.497 e. The smallest absolute Gasteiger partial charge is 0.243 e. The van der Waals surface area contributed by atoms with Crippen LogP contribution in [-0.2, 0) is 28.3 Å². The summed E-state index contributed by atoms with van der Waals surface area (Å²) in [6.45, 7) is 6.25. The average Bonchev–Trinajstić information content (AvgIpc) is 2.87. The molecule has 1 N–H and O–H groups in total. The fraction of sp³-hybridized carbons (Fsp3) is 0.333. The molecule has 190 valence electrons. The zero-order chi connectivity index (χ0) is 25.9. The van der Waals surface area contributed by atoms with Gasteiger partial charge >= 0.3 is 0 Å². The Hall–Kier alpha value is -3.25. The number of nitrogens with zero attached hydrogens (tertiary/aromatic N) is 1. The minimum absolute atomic E-state index is 0.0274. The molecule has 0 fully saturated rings. The monoisotopic (exact) mass is 504 g/mol. The molecule has 0 aliphatic heterocycles. The number of benzene rings is 3. The molecule has 0 saturated heterocycles. The van der Waals surface area contributed by atoms with Gasteiger partial charge in [0.05, 0.1) is 12.9 Å². The van der Waals surface area contributed by atoms with Gasteiger partial charge < -0.3 is 15.0 Å². The highest BCUT2D eigenvalue weighted by Crippen LogP contribution is 2.21. The maximum Gasteiger partial charge on any atom is 0.243 e. The lowest BCUT2D eigenvalue weighted by molar-refractivity contribution is -0.139. The van der Waals surface area contributed by atoms with E-state index in [1.54, 1.807) is 23.8 Å². The van der Waals surface area contributed by atoms with Crippen LogP contribution in [0.2, 0.25) is 0 Å². The molecule has 0 bridgehead atoms. The fourth-order valence-corrected chi connectivity index (χ4v) is 4.80. The Kier molecular flexibility index (Phi) is 10.4. The minimum Gasteiger partial charge on any atom is -0.497 e. The number of hydrogen-bond acceptors (Lipinski definition) is 4. The summed E-state index contributed by atoms with van der Waals surface area (Å²) in [6, 6.07) is 25.2. The van der Waals surface area contributed by atoms with Gasteiger partial charge in [0.15, 0.2) is 0 Å². The van der Waals surface area contributed by atoms with Crippen LogP contribution in [0.25, 0.3) is 0 Å². The van der Waals surface area contributed by atoms with Crippen molar-refractivity contribution < 1.29 is 14.3 Å². The Balaban J connectivity index is 1.85. The predicted molar refractivity (Wildman–Crippen MR) is 148 cm³/mol. The summed E-state index contributed by atoms with van der Waals surface area (Å²) < 4.78 is 5.39. The van der Waals surface area contributed by atoms with Gasteiger partial charge in [-0.25, -0.2) is 0 Å². The normalized spacial score (nSPS) is 11.7. The van der Waals surface area contributed by atoms with E-state index in [2.05, 4.69) is 36.5 Å². The number of aryl methyl sites for hydroxylation is 1. The van der Waals surface area contributed by atoms with E-state index in [0.717, 1.165) is 22.6 Å². The molecule has 0 aliphatic carbocycles. The number of carbonyl (C=O) groups is 2. The SMILES string of the molecule is COc1cccc(CN(C(=O)CSCc2ccc(C)cc2)[C@H](Cc2ccccc2)C(=O)NC(C)C)c1. The van der Waals surface area contributed by atoms with Gasteiger partial charge in [-0.2, -0.15) is 0 Å². The number of rotatable bonds is 12. The molecule has 0 aliphatic rings. The van der Waals surface area contributed by atoms with E-state index >= 15 is 0 Å². The van der Waals surface area contributed by atoms with Crippen LogP contribution >= 0.6 is 11.8 Å². The Bertz CT molecular complexity index is 1120. The molecule has 0 aromatic heterocycles. The second kappa shape index (κ2) is 13.7. The lowest BCUT2D eigenvalue weighted by atomic mass is 10.0. The minimum atomic E-state index is -0.631. The van der Waals surface area contributed by atoms with Gasteiger partial charge in [-0.15, -0.1) is 11.8 Å². The van der Waals surface area contributed by atoms with Gasteiger partial charge in [0.1, 0.15) is 11.8 Å². The Morgan fingerprint density at radius 3 is 2.28 bits per heavy atom. The molecule has 0 saturated carbocycles. The van der Waals surface area contributed by atoms with Crippen LogP contribution in [0.1, 0.15) is 36.1 Å². The molecule has 3 aromatic carbocycles. The third kappa shape index (κ3) is 8.45. The van der Waals surface area contributed by atoms with Crippen LogP contribution in [-0.4, -0.2) is 41.7 Å². The van der Waals surface area contributed by atoms with E-state index in [1.165, 1.54) is 11.1 Å². The third-order valence-electron chi connectivity index (χ3n) is 5.80. The Morgan fingerprint density at radius 2 is 1.61 bits per heavy atom.